The first kappa shape index (κ1) is 25.3. The summed E-state index contributed by atoms with van der Waals surface area (Å²) in [5.74, 6) is -2.47. The van der Waals surface area contributed by atoms with E-state index in [-0.39, 0.29) is 24.8 Å². The maximum Gasteiger partial charge on any atom is 0.321 e. The van der Waals surface area contributed by atoms with E-state index < -0.39 is 11.3 Å². The Bertz CT molecular complexity index is 1350. The Morgan fingerprint density at radius 1 is 1.13 bits per heavy atom. The van der Waals surface area contributed by atoms with Crippen LogP contribution in [0.1, 0.15) is 58.9 Å². The summed E-state index contributed by atoms with van der Waals surface area (Å²) in [5.41, 5.74) is 3.36. The summed E-state index contributed by atoms with van der Waals surface area (Å²) in [6.45, 7) is 2.95. The molecule has 1 N–H and O–H groups in total. The van der Waals surface area contributed by atoms with E-state index in [9.17, 15) is 18.0 Å². The first-order valence-corrected chi connectivity index (χ1v) is 13.8. The summed E-state index contributed by atoms with van der Waals surface area (Å²) in [4.78, 5) is 21.5. The van der Waals surface area contributed by atoms with Crippen molar-refractivity contribution in [2.24, 2.45) is 0 Å². The van der Waals surface area contributed by atoms with Gasteiger partial charge in [0.25, 0.3) is 5.92 Å². The van der Waals surface area contributed by atoms with E-state index in [1.165, 1.54) is 17.9 Å². The van der Waals surface area contributed by atoms with Gasteiger partial charge in [-0.3, -0.25) is 4.90 Å². The van der Waals surface area contributed by atoms with Crippen molar-refractivity contribution in [3.63, 3.8) is 0 Å². The van der Waals surface area contributed by atoms with Crippen molar-refractivity contribution in [3.05, 3.63) is 75.8 Å². The van der Waals surface area contributed by atoms with Crippen LogP contribution in [0.15, 0.2) is 42.7 Å². The zero-order valence-electron chi connectivity index (χ0n) is 21.2. The first-order chi connectivity index (χ1) is 18.2. The van der Waals surface area contributed by atoms with Gasteiger partial charge >= 0.3 is 6.03 Å². The van der Waals surface area contributed by atoms with Crippen LogP contribution in [0, 0.1) is 12.7 Å². The van der Waals surface area contributed by atoms with Crippen LogP contribution in [-0.4, -0.2) is 57.3 Å². The van der Waals surface area contributed by atoms with Gasteiger partial charge in [0.2, 0.25) is 0 Å². The van der Waals surface area contributed by atoms with Crippen molar-refractivity contribution >= 4 is 23.3 Å². The van der Waals surface area contributed by atoms with Gasteiger partial charge in [0.1, 0.15) is 17.2 Å². The normalized spacial score (nSPS) is 23.2. The molecule has 3 aliphatic rings. The molecule has 3 fully saturated rings. The summed E-state index contributed by atoms with van der Waals surface area (Å²) in [5, 5.41) is 3.84. The minimum Gasteiger partial charge on any atom is -0.323 e. The highest BCUT2D eigenvalue weighted by atomic mass is 32.1. The number of likely N-dealkylation sites (tertiary alicyclic amines) is 2. The largest absolute Gasteiger partial charge is 0.323 e. The predicted octanol–water partition coefficient (Wildman–Crippen LogP) is 5.93. The lowest BCUT2D eigenvalue weighted by Crippen LogP contribution is -2.38. The molecule has 10 heteroatoms. The van der Waals surface area contributed by atoms with E-state index in [4.69, 9.17) is 0 Å². The number of carbonyl (C=O) groups excluding carboxylic acids is 1. The fraction of sp³-hybridized carbons (Fsp3) is 0.464. The maximum atomic E-state index is 14.6. The van der Waals surface area contributed by atoms with Gasteiger partial charge < -0.3 is 10.2 Å². The smallest absolute Gasteiger partial charge is 0.321 e. The van der Waals surface area contributed by atoms with Gasteiger partial charge in [-0.15, -0.1) is 0 Å². The number of benzene rings is 2. The number of alkyl halides is 2. The molecule has 1 saturated carbocycles. The highest BCUT2D eigenvalue weighted by molar-refractivity contribution is 7.05. The van der Waals surface area contributed by atoms with Crippen LogP contribution in [0.5, 0.6) is 0 Å². The molecular weight excluding hydrogens is 511 g/mol. The van der Waals surface area contributed by atoms with Crippen LogP contribution < -0.4 is 5.32 Å². The van der Waals surface area contributed by atoms with Gasteiger partial charge in [0.15, 0.2) is 0 Å². The number of aryl methyl sites for hydroxylation is 1. The third kappa shape index (κ3) is 4.91. The molecule has 3 heterocycles. The highest BCUT2D eigenvalue weighted by Crippen LogP contribution is 2.43. The molecule has 2 amide bonds. The number of urea groups is 1. The molecule has 1 aliphatic carbocycles. The minimum atomic E-state index is -2.67. The van der Waals surface area contributed by atoms with E-state index >= 15 is 0 Å². The number of nitrogens with one attached hydrogen (secondary N) is 1. The van der Waals surface area contributed by atoms with Gasteiger partial charge in [0.05, 0.1) is 12.0 Å². The van der Waals surface area contributed by atoms with Gasteiger partial charge in [-0.25, -0.2) is 22.9 Å². The number of halogens is 3. The van der Waals surface area contributed by atoms with Crippen LogP contribution in [0.25, 0.3) is 0 Å². The molecule has 2 saturated heterocycles. The second kappa shape index (κ2) is 9.64. The lowest BCUT2D eigenvalue weighted by molar-refractivity contribution is 0.0115. The van der Waals surface area contributed by atoms with Crippen molar-refractivity contribution < 1.29 is 18.0 Å². The molecule has 1 unspecified atom stereocenters. The van der Waals surface area contributed by atoms with Gasteiger partial charge in [-0.05, 0) is 78.0 Å². The number of carbonyl (C=O) groups is 1. The second-order valence-electron chi connectivity index (χ2n) is 10.9. The summed E-state index contributed by atoms with van der Waals surface area (Å²) in [6, 6.07) is 11.0. The molecule has 0 spiro atoms. The molecule has 1 aromatic heterocycles. The van der Waals surface area contributed by atoms with Crippen molar-refractivity contribution in [2.75, 3.05) is 31.5 Å². The number of hydrogen-bond donors (Lipinski definition) is 1. The van der Waals surface area contributed by atoms with Gasteiger partial charge in [0, 0.05) is 38.3 Å². The molecule has 200 valence electrons. The molecule has 0 radical (unpaired) electrons. The average molecular weight is 542 g/mol. The lowest BCUT2D eigenvalue weighted by atomic mass is 9.80. The summed E-state index contributed by atoms with van der Waals surface area (Å²) in [7, 11) is 0. The van der Waals surface area contributed by atoms with Crippen molar-refractivity contribution in [1.82, 2.24) is 19.2 Å². The third-order valence-electron chi connectivity index (χ3n) is 8.12. The van der Waals surface area contributed by atoms with E-state index in [2.05, 4.69) is 20.7 Å². The van der Waals surface area contributed by atoms with Crippen molar-refractivity contribution in [3.8, 4) is 0 Å². The Morgan fingerprint density at radius 3 is 2.66 bits per heavy atom. The Balaban J connectivity index is 1.25. The topological polar surface area (TPSA) is 61.4 Å². The number of amides is 2. The number of hydrogen-bond acceptors (Lipinski definition) is 5. The van der Waals surface area contributed by atoms with Crippen LogP contribution >= 0.6 is 11.5 Å². The Labute approximate surface area is 224 Å². The first-order valence-electron chi connectivity index (χ1n) is 13.1. The maximum absolute atomic E-state index is 14.6. The predicted molar refractivity (Wildman–Crippen MR) is 140 cm³/mol. The minimum absolute atomic E-state index is 0.143. The molecule has 6 rings (SSSR count). The number of anilines is 1. The zero-order chi connectivity index (χ0) is 26.5. The Hall–Kier alpha value is -2.98. The molecule has 2 aliphatic heterocycles. The molecule has 2 aromatic carbocycles. The number of aromatic nitrogens is 2. The van der Waals surface area contributed by atoms with Crippen LogP contribution in [0.4, 0.5) is 23.7 Å². The summed E-state index contributed by atoms with van der Waals surface area (Å²) < 4.78 is 46.4. The van der Waals surface area contributed by atoms with E-state index in [0.717, 1.165) is 34.5 Å². The fourth-order valence-electron chi connectivity index (χ4n) is 5.69. The Kier molecular flexibility index (Phi) is 6.42. The van der Waals surface area contributed by atoms with Crippen molar-refractivity contribution in [2.45, 2.75) is 56.4 Å². The van der Waals surface area contributed by atoms with Crippen LogP contribution in [0.3, 0.4) is 0 Å². The highest BCUT2D eigenvalue weighted by Gasteiger charge is 2.45. The molecule has 6 nitrogen and oxygen atoms in total. The van der Waals surface area contributed by atoms with E-state index in [0.29, 0.717) is 49.8 Å². The molecule has 1 atom stereocenters. The molecule has 3 aromatic rings. The Morgan fingerprint density at radius 2 is 1.97 bits per heavy atom. The number of rotatable bonds is 6. The summed E-state index contributed by atoms with van der Waals surface area (Å²) >= 11 is 1.27. The van der Waals surface area contributed by atoms with Crippen LogP contribution in [0.2, 0.25) is 0 Å². The van der Waals surface area contributed by atoms with Gasteiger partial charge in [-0.1, -0.05) is 24.3 Å². The second-order valence-corrected chi connectivity index (χ2v) is 11.7. The SMILES string of the molecule is Cc1ccc(C2(c3ncns3)CCN(C(=O)Nc3cc(C4CC4)ccc3CN3CCC(F)(F)C3)C2)cc1F. The number of nitrogens with zero attached hydrogens (tertiary/aromatic N) is 4. The monoisotopic (exact) mass is 541 g/mol. The lowest BCUT2D eigenvalue weighted by Gasteiger charge is -2.28. The summed E-state index contributed by atoms with van der Waals surface area (Å²) in [6.07, 6.45) is 4.18. The van der Waals surface area contributed by atoms with Crippen LogP contribution in [-0.2, 0) is 12.0 Å². The zero-order valence-corrected chi connectivity index (χ0v) is 22.0. The quantitative estimate of drug-likeness (QED) is 0.420. The van der Waals surface area contributed by atoms with Gasteiger partial charge in [-0.2, -0.15) is 4.37 Å². The molecule has 38 heavy (non-hydrogen) atoms. The average Bonchev–Trinajstić information content (AvgIpc) is 3.25. The fourth-order valence-corrected chi connectivity index (χ4v) is 6.43. The third-order valence-corrected chi connectivity index (χ3v) is 8.99. The van der Waals surface area contributed by atoms with E-state index in [1.807, 2.05) is 18.2 Å². The van der Waals surface area contributed by atoms with Crippen molar-refractivity contribution in [1.29, 1.82) is 0 Å². The molecule has 0 bridgehead atoms. The molecular formula is C28H30F3N5OS. The van der Waals surface area contributed by atoms with E-state index in [1.54, 1.807) is 28.9 Å². The standard InChI is InChI=1S/C28H30F3N5OS/c1-18-2-7-22(13-23(18)29)27(25-32-17-33-38-25)8-11-36(15-27)26(37)34-24-12-20(19-3-4-19)5-6-21(24)14-35-10-9-28(30,31)16-35/h2,5-7,12-13,17,19H,3-4,8-11,14-16H2,1H3,(H,34,37).